The molecule has 0 atom stereocenters. The summed E-state index contributed by atoms with van der Waals surface area (Å²) in [5, 5.41) is 3.37. The molecule has 0 aliphatic heterocycles. The molecule has 2 aromatic rings. The van der Waals surface area contributed by atoms with Gasteiger partial charge in [-0.2, -0.15) is 0 Å². The highest BCUT2D eigenvalue weighted by Crippen LogP contribution is 2.35. The van der Waals surface area contributed by atoms with Gasteiger partial charge in [-0.25, -0.2) is 0 Å². The molecule has 0 amide bonds. The lowest BCUT2D eigenvalue weighted by atomic mass is 9.97. The summed E-state index contributed by atoms with van der Waals surface area (Å²) in [5.41, 5.74) is 2.53. The summed E-state index contributed by atoms with van der Waals surface area (Å²) >= 11 is 5.62. The van der Waals surface area contributed by atoms with Crippen molar-refractivity contribution >= 4 is 16.8 Å². The Morgan fingerprint density at radius 1 is 1.40 bits per heavy atom. The highest BCUT2D eigenvalue weighted by atomic mass is 35.5. The number of carbonyl (C=O) groups is 1. The van der Waals surface area contributed by atoms with E-state index >= 15 is 0 Å². The molecule has 0 bridgehead atoms. The van der Waals surface area contributed by atoms with Crippen molar-refractivity contribution in [2.45, 2.75) is 26.7 Å². The Bertz CT molecular complexity index is 647. The SMILES string of the molecule is COc1ccc(C(C)C)cc1-c1noc(C)c1C(=O)Cl. The number of hydrogen-bond donors (Lipinski definition) is 0. The molecule has 0 saturated heterocycles. The number of ether oxygens (including phenoxy) is 1. The van der Waals surface area contributed by atoms with Crippen LogP contribution in [0.3, 0.4) is 0 Å². The van der Waals surface area contributed by atoms with E-state index in [4.69, 9.17) is 20.9 Å². The third-order valence-electron chi connectivity index (χ3n) is 3.20. The van der Waals surface area contributed by atoms with Crippen LogP contribution in [0, 0.1) is 6.92 Å². The Hall–Kier alpha value is -1.81. The highest BCUT2D eigenvalue weighted by molar-refractivity contribution is 6.68. The average molecular weight is 294 g/mol. The second-order valence-electron chi connectivity index (χ2n) is 4.85. The molecular formula is C15H16ClNO3. The fraction of sp³-hybridized carbons (Fsp3) is 0.333. The van der Waals surface area contributed by atoms with Gasteiger partial charge < -0.3 is 9.26 Å². The van der Waals surface area contributed by atoms with Crippen LogP contribution in [-0.2, 0) is 0 Å². The molecule has 0 radical (unpaired) electrons. The zero-order valence-electron chi connectivity index (χ0n) is 11.9. The first-order chi connectivity index (χ1) is 9.45. The van der Waals surface area contributed by atoms with E-state index in [1.807, 2.05) is 18.2 Å². The largest absolute Gasteiger partial charge is 0.496 e. The lowest BCUT2D eigenvalue weighted by Crippen LogP contribution is -1.97. The molecule has 0 N–H and O–H groups in total. The first-order valence-corrected chi connectivity index (χ1v) is 6.68. The van der Waals surface area contributed by atoms with Gasteiger partial charge in [0.2, 0.25) is 0 Å². The molecule has 2 rings (SSSR count). The summed E-state index contributed by atoms with van der Waals surface area (Å²) in [4.78, 5) is 11.6. The van der Waals surface area contributed by atoms with Gasteiger partial charge in [-0.15, -0.1) is 0 Å². The molecule has 5 heteroatoms. The molecule has 4 nitrogen and oxygen atoms in total. The van der Waals surface area contributed by atoms with E-state index < -0.39 is 5.24 Å². The Morgan fingerprint density at radius 2 is 2.10 bits per heavy atom. The number of methoxy groups -OCH3 is 1. The Morgan fingerprint density at radius 3 is 2.65 bits per heavy atom. The Balaban J connectivity index is 2.67. The van der Waals surface area contributed by atoms with Gasteiger partial charge >= 0.3 is 0 Å². The van der Waals surface area contributed by atoms with Gasteiger partial charge in [-0.3, -0.25) is 4.79 Å². The van der Waals surface area contributed by atoms with Crippen molar-refractivity contribution in [2.24, 2.45) is 0 Å². The van der Waals surface area contributed by atoms with Crippen LogP contribution in [0.5, 0.6) is 5.75 Å². The van der Waals surface area contributed by atoms with Crippen molar-refractivity contribution in [3.05, 3.63) is 35.1 Å². The maximum absolute atomic E-state index is 11.6. The van der Waals surface area contributed by atoms with E-state index in [-0.39, 0.29) is 5.56 Å². The topological polar surface area (TPSA) is 52.3 Å². The first-order valence-electron chi connectivity index (χ1n) is 6.30. The number of nitrogens with zero attached hydrogens (tertiary/aromatic N) is 1. The predicted molar refractivity (Wildman–Crippen MR) is 77.5 cm³/mol. The molecule has 0 spiro atoms. The number of benzene rings is 1. The normalized spacial score (nSPS) is 10.9. The maximum Gasteiger partial charge on any atom is 0.258 e. The summed E-state index contributed by atoms with van der Waals surface area (Å²) in [6.45, 7) is 5.84. The Labute approximate surface area is 122 Å². The number of aromatic nitrogens is 1. The van der Waals surface area contributed by atoms with E-state index in [2.05, 4.69) is 19.0 Å². The smallest absolute Gasteiger partial charge is 0.258 e. The van der Waals surface area contributed by atoms with Crippen molar-refractivity contribution in [3.8, 4) is 17.0 Å². The molecule has 1 aromatic heterocycles. The summed E-state index contributed by atoms with van der Waals surface area (Å²) in [5.74, 6) is 1.38. The summed E-state index contributed by atoms with van der Waals surface area (Å²) in [6, 6.07) is 5.80. The molecule has 1 heterocycles. The number of carbonyl (C=O) groups excluding carboxylic acids is 1. The summed E-state index contributed by atoms with van der Waals surface area (Å²) in [7, 11) is 1.57. The number of rotatable bonds is 4. The standard InChI is InChI=1S/C15H16ClNO3/c1-8(2)10-5-6-12(19-4)11(7-10)14-13(15(16)18)9(3)20-17-14/h5-8H,1-4H3. The number of aryl methyl sites for hydroxylation is 1. The lowest BCUT2D eigenvalue weighted by molar-refractivity contribution is 0.108. The van der Waals surface area contributed by atoms with Gasteiger partial charge in [0.1, 0.15) is 22.8 Å². The van der Waals surface area contributed by atoms with Crippen molar-refractivity contribution in [1.29, 1.82) is 0 Å². The molecule has 0 saturated carbocycles. The third kappa shape index (κ3) is 2.56. The van der Waals surface area contributed by atoms with Gasteiger partial charge in [0.25, 0.3) is 5.24 Å². The van der Waals surface area contributed by atoms with Crippen LogP contribution in [0.4, 0.5) is 0 Å². The summed E-state index contributed by atoms with van der Waals surface area (Å²) in [6.07, 6.45) is 0. The van der Waals surface area contributed by atoms with E-state index in [1.54, 1.807) is 14.0 Å². The van der Waals surface area contributed by atoms with Crippen LogP contribution in [0.1, 0.15) is 41.4 Å². The van der Waals surface area contributed by atoms with Crippen LogP contribution in [-0.4, -0.2) is 17.5 Å². The van der Waals surface area contributed by atoms with Crippen molar-refractivity contribution in [1.82, 2.24) is 5.16 Å². The number of halogens is 1. The molecule has 0 aliphatic rings. The van der Waals surface area contributed by atoms with Gasteiger partial charge in [0.15, 0.2) is 0 Å². The second kappa shape index (κ2) is 5.67. The van der Waals surface area contributed by atoms with Crippen LogP contribution in [0.15, 0.2) is 22.7 Å². The average Bonchev–Trinajstić information content (AvgIpc) is 2.79. The lowest BCUT2D eigenvalue weighted by Gasteiger charge is -2.11. The zero-order chi connectivity index (χ0) is 14.9. The molecule has 0 unspecified atom stereocenters. The monoisotopic (exact) mass is 293 g/mol. The predicted octanol–water partition coefficient (Wildman–Crippen LogP) is 4.16. The first kappa shape index (κ1) is 14.6. The molecule has 20 heavy (non-hydrogen) atoms. The minimum atomic E-state index is -0.587. The van der Waals surface area contributed by atoms with Crippen LogP contribution >= 0.6 is 11.6 Å². The summed E-state index contributed by atoms with van der Waals surface area (Å²) < 4.78 is 10.4. The van der Waals surface area contributed by atoms with Crippen LogP contribution in [0.2, 0.25) is 0 Å². The van der Waals surface area contributed by atoms with E-state index in [0.29, 0.717) is 28.7 Å². The minimum Gasteiger partial charge on any atom is -0.496 e. The Kier molecular flexibility index (Phi) is 4.14. The fourth-order valence-electron chi connectivity index (χ4n) is 2.06. The van der Waals surface area contributed by atoms with Crippen molar-refractivity contribution < 1.29 is 14.1 Å². The zero-order valence-corrected chi connectivity index (χ0v) is 12.6. The molecule has 0 aliphatic carbocycles. The van der Waals surface area contributed by atoms with Gasteiger partial charge in [0, 0.05) is 5.56 Å². The minimum absolute atomic E-state index is 0.283. The van der Waals surface area contributed by atoms with Gasteiger partial charge in [0.05, 0.1) is 7.11 Å². The molecular weight excluding hydrogens is 278 g/mol. The molecule has 106 valence electrons. The van der Waals surface area contributed by atoms with Crippen molar-refractivity contribution in [2.75, 3.05) is 7.11 Å². The van der Waals surface area contributed by atoms with Gasteiger partial charge in [-0.1, -0.05) is 25.1 Å². The van der Waals surface area contributed by atoms with E-state index in [1.165, 1.54) is 0 Å². The molecule has 0 fully saturated rings. The molecule has 1 aromatic carbocycles. The quantitative estimate of drug-likeness (QED) is 0.794. The highest BCUT2D eigenvalue weighted by Gasteiger charge is 2.23. The van der Waals surface area contributed by atoms with E-state index in [9.17, 15) is 4.79 Å². The van der Waals surface area contributed by atoms with Crippen LogP contribution in [0.25, 0.3) is 11.3 Å². The third-order valence-corrected chi connectivity index (χ3v) is 3.39. The van der Waals surface area contributed by atoms with Crippen LogP contribution < -0.4 is 4.74 Å². The number of hydrogen-bond acceptors (Lipinski definition) is 4. The fourth-order valence-corrected chi connectivity index (χ4v) is 2.28. The van der Waals surface area contributed by atoms with Gasteiger partial charge in [-0.05, 0) is 42.1 Å². The van der Waals surface area contributed by atoms with Crippen molar-refractivity contribution in [3.63, 3.8) is 0 Å². The second-order valence-corrected chi connectivity index (χ2v) is 5.19. The van der Waals surface area contributed by atoms with E-state index in [0.717, 1.165) is 5.56 Å². The maximum atomic E-state index is 11.6.